The van der Waals surface area contributed by atoms with Crippen LogP contribution in [0.25, 0.3) is 0 Å². The maximum absolute atomic E-state index is 14.5. The van der Waals surface area contributed by atoms with Crippen LogP contribution < -0.4 is 4.74 Å². The number of thioether (sulfide) groups is 1. The van der Waals surface area contributed by atoms with E-state index in [0.717, 1.165) is 48.0 Å². The summed E-state index contributed by atoms with van der Waals surface area (Å²) in [6, 6.07) is 4.98. The van der Waals surface area contributed by atoms with Gasteiger partial charge in [0.1, 0.15) is 21.3 Å². The molecule has 0 spiro atoms. The van der Waals surface area contributed by atoms with Gasteiger partial charge in [0.2, 0.25) is 0 Å². The molecule has 1 aromatic carbocycles. The number of aliphatic hydroxyl groups is 1. The summed E-state index contributed by atoms with van der Waals surface area (Å²) in [6.45, 7) is 5.55. The third kappa shape index (κ3) is 5.51. The molecule has 4 rings (SSSR count). The Bertz CT molecular complexity index is 1050. The van der Waals surface area contributed by atoms with E-state index in [9.17, 15) is 14.3 Å². The zero-order valence-electron chi connectivity index (χ0n) is 19.1. The topological polar surface area (TPSA) is 81.5 Å². The molecule has 2 aliphatic rings. The first-order chi connectivity index (χ1) is 15.8. The van der Waals surface area contributed by atoms with E-state index in [1.54, 1.807) is 6.07 Å². The number of hydrogen-bond acceptors (Lipinski definition) is 8. The highest BCUT2D eigenvalue weighted by atomic mass is 32.2. The lowest BCUT2D eigenvalue weighted by Gasteiger charge is -2.41. The van der Waals surface area contributed by atoms with Gasteiger partial charge in [-0.1, -0.05) is 30.2 Å². The number of aryl methyl sites for hydroxylation is 2. The molecule has 9 heteroatoms. The van der Waals surface area contributed by atoms with Crippen molar-refractivity contribution in [3.63, 3.8) is 0 Å². The first kappa shape index (κ1) is 24.0. The smallest absolute Gasteiger partial charge is 0.349 e. The van der Waals surface area contributed by atoms with E-state index in [1.165, 1.54) is 17.4 Å². The minimum Gasteiger partial charge on any atom is -0.511 e. The van der Waals surface area contributed by atoms with Gasteiger partial charge in [0.15, 0.2) is 15.9 Å². The van der Waals surface area contributed by atoms with Gasteiger partial charge in [0.25, 0.3) is 0 Å². The summed E-state index contributed by atoms with van der Waals surface area (Å²) in [6.07, 6.45) is 5.28. The molecule has 0 amide bonds. The van der Waals surface area contributed by atoms with Crippen LogP contribution in [0.15, 0.2) is 33.2 Å². The molecule has 1 aliphatic heterocycles. The largest absolute Gasteiger partial charge is 0.511 e. The second-order valence-corrected chi connectivity index (χ2v) is 11.4. The van der Waals surface area contributed by atoms with E-state index in [1.807, 2.05) is 26.8 Å². The fourth-order valence-corrected chi connectivity index (χ4v) is 6.45. The van der Waals surface area contributed by atoms with Crippen LogP contribution in [0.5, 0.6) is 5.75 Å². The fraction of sp³-hybridized carbons (Fsp3) is 0.542. The summed E-state index contributed by atoms with van der Waals surface area (Å²) in [5.41, 5.74) is 0.0209. The van der Waals surface area contributed by atoms with Crippen LogP contribution in [-0.2, 0) is 16.0 Å². The number of carbonyl (C=O) groups is 1. The van der Waals surface area contributed by atoms with E-state index >= 15 is 0 Å². The van der Waals surface area contributed by atoms with Crippen molar-refractivity contribution >= 4 is 29.1 Å². The molecule has 0 saturated heterocycles. The van der Waals surface area contributed by atoms with Crippen LogP contribution in [-0.4, -0.2) is 33.0 Å². The molecule has 1 N–H and O–H groups in total. The third-order valence-corrected chi connectivity index (χ3v) is 8.20. The Morgan fingerprint density at radius 1 is 1.33 bits per heavy atom. The molecule has 1 saturated carbocycles. The van der Waals surface area contributed by atoms with Crippen LogP contribution in [0, 0.1) is 18.7 Å². The Hall–Kier alpha value is -2.13. The predicted molar refractivity (Wildman–Crippen MR) is 126 cm³/mol. The van der Waals surface area contributed by atoms with Gasteiger partial charge < -0.3 is 14.6 Å². The first-order valence-corrected chi connectivity index (χ1v) is 13.0. The minimum absolute atomic E-state index is 0.0443. The highest BCUT2D eigenvalue weighted by Gasteiger charge is 2.48. The monoisotopic (exact) mass is 492 g/mol. The molecule has 1 aliphatic carbocycles. The van der Waals surface area contributed by atoms with Crippen molar-refractivity contribution in [1.82, 2.24) is 10.2 Å². The molecule has 1 fully saturated rings. The maximum Gasteiger partial charge on any atom is 0.349 e. The molecule has 178 valence electrons. The zero-order valence-corrected chi connectivity index (χ0v) is 20.7. The van der Waals surface area contributed by atoms with E-state index in [-0.39, 0.29) is 34.9 Å². The van der Waals surface area contributed by atoms with Crippen molar-refractivity contribution in [3.8, 4) is 5.75 Å². The van der Waals surface area contributed by atoms with E-state index in [4.69, 9.17) is 9.47 Å². The number of aromatic nitrogens is 2. The van der Waals surface area contributed by atoms with Crippen LogP contribution in [0.2, 0.25) is 0 Å². The van der Waals surface area contributed by atoms with Gasteiger partial charge in [0, 0.05) is 6.42 Å². The molecular formula is C24H29FN2O4S2. The molecule has 2 heterocycles. The highest BCUT2D eigenvalue weighted by molar-refractivity contribution is 8.05. The van der Waals surface area contributed by atoms with E-state index in [0.29, 0.717) is 17.2 Å². The number of cyclic esters (lactones) is 1. The lowest BCUT2D eigenvalue weighted by molar-refractivity contribution is -0.166. The third-order valence-electron chi connectivity index (χ3n) is 6.20. The van der Waals surface area contributed by atoms with Crippen LogP contribution >= 0.6 is 23.1 Å². The molecule has 0 bridgehead atoms. The van der Waals surface area contributed by atoms with Crippen molar-refractivity contribution in [2.75, 3.05) is 0 Å². The van der Waals surface area contributed by atoms with E-state index < -0.39 is 17.4 Å². The Labute approximate surface area is 201 Å². The Kier molecular flexibility index (Phi) is 7.28. The minimum atomic E-state index is -0.789. The Morgan fingerprint density at radius 2 is 2.09 bits per heavy atom. The maximum atomic E-state index is 14.5. The zero-order chi connectivity index (χ0) is 23.6. The highest BCUT2D eigenvalue weighted by Crippen LogP contribution is 2.48. The van der Waals surface area contributed by atoms with Crippen molar-refractivity contribution in [3.05, 3.63) is 45.3 Å². The number of benzene rings is 1. The molecule has 2 aromatic rings. The number of esters is 1. The van der Waals surface area contributed by atoms with Gasteiger partial charge in [0.05, 0.1) is 6.10 Å². The second-order valence-electron chi connectivity index (χ2n) is 9.01. The van der Waals surface area contributed by atoms with Crippen molar-refractivity contribution in [2.45, 2.75) is 81.8 Å². The quantitative estimate of drug-likeness (QED) is 0.443. The number of aliphatic hydroxyl groups excluding tert-OH is 1. The lowest BCUT2D eigenvalue weighted by Crippen LogP contribution is -2.45. The second kappa shape index (κ2) is 10.0. The van der Waals surface area contributed by atoms with Gasteiger partial charge >= 0.3 is 5.97 Å². The SMILES string of the molecule is Cc1nnc(SC2=C(O)CC(CCc3ccc(OC(C)C)c(F)c3)(C3CCCC3)OC2=O)s1. The normalized spacial score (nSPS) is 21.7. The molecule has 6 nitrogen and oxygen atoms in total. The number of nitrogens with zero attached hydrogens (tertiary/aromatic N) is 2. The number of halogens is 1. The summed E-state index contributed by atoms with van der Waals surface area (Å²) in [5, 5.41) is 19.7. The van der Waals surface area contributed by atoms with Gasteiger partial charge in [-0.05, 0) is 81.8 Å². The summed E-state index contributed by atoms with van der Waals surface area (Å²) in [5.74, 6) is -0.464. The fourth-order valence-electron chi connectivity index (χ4n) is 4.68. The first-order valence-electron chi connectivity index (χ1n) is 11.3. The number of rotatable bonds is 8. The average molecular weight is 493 g/mol. The number of hydrogen-bond donors (Lipinski definition) is 1. The Balaban J connectivity index is 1.54. The summed E-state index contributed by atoms with van der Waals surface area (Å²) < 4.78 is 26.7. The molecule has 1 unspecified atom stereocenters. The van der Waals surface area contributed by atoms with Gasteiger partial charge in [-0.25, -0.2) is 9.18 Å². The molecular weight excluding hydrogens is 463 g/mol. The van der Waals surface area contributed by atoms with Crippen molar-refractivity contribution in [2.24, 2.45) is 5.92 Å². The predicted octanol–water partition coefficient (Wildman–Crippen LogP) is 6.14. The van der Waals surface area contributed by atoms with Crippen LogP contribution in [0.1, 0.15) is 62.9 Å². The standard InChI is InChI=1S/C24H29FN2O4S2/c1-14(2)30-20-9-8-16(12-18(20)25)10-11-24(17-6-4-5-7-17)13-19(28)21(22(29)31-24)33-23-27-26-15(3)32-23/h8-9,12,14,17,28H,4-7,10-11,13H2,1-3H3. The number of carbonyl (C=O) groups excluding carboxylic acids is 1. The summed E-state index contributed by atoms with van der Waals surface area (Å²) >= 11 is 2.47. The Morgan fingerprint density at radius 3 is 2.70 bits per heavy atom. The summed E-state index contributed by atoms with van der Waals surface area (Å²) in [7, 11) is 0. The number of ether oxygens (including phenoxy) is 2. The van der Waals surface area contributed by atoms with E-state index in [2.05, 4.69) is 10.2 Å². The summed E-state index contributed by atoms with van der Waals surface area (Å²) in [4.78, 5) is 13.2. The van der Waals surface area contributed by atoms with Gasteiger partial charge in [-0.3, -0.25) is 0 Å². The van der Waals surface area contributed by atoms with Gasteiger partial charge in [-0.2, -0.15) is 0 Å². The van der Waals surface area contributed by atoms with Crippen LogP contribution in [0.3, 0.4) is 0 Å². The van der Waals surface area contributed by atoms with Gasteiger partial charge in [-0.15, -0.1) is 10.2 Å². The molecule has 1 atom stereocenters. The molecule has 0 radical (unpaired) electrons. The van der Waals surface area contributed by atoms with Crippen LogP contribution in [0.4, 0.5) is 4.39 Å². The van der Waals surface area contributed by atoms with Crippen molar-refractivity contribution < 1.29 is 23.8 Å². The average Bonchev–Trinajstić information content (AvgIpc) is 3.43. The molecule has 33 heavy (non-hydrogen) atoms. The molecule has 1 aromatic heterocycles. The lowest BCUT2D eigenvalue weighted by atomic mass is 9.77. The van der Waals surface area contributed by atoms with Crippen molar-refractivity contribution in [1.29, 1.82) is 0 Å².